The highest BCUT2D eigenvalue weighted by atomic mass is 35.5. The summed E-state index contributed by atoms with van der Waals surface area (Å²) in [6.45, 7) is 1.72. The summed E-state index contributed by atoms with van der Waals surface area (Å²) in [7, 11) is 1.72. The summed E-state index contributed by atoms with van der Waals surface area (Å²) in [5.41, 5.74) is 0.883. The van der Waals surface area contributed by atoms with Crippen molar-refractivity contribution >= 4 is 17.5 Å². The first-order valence-electron chi connectivity index (χ1n) is 5.70. The molecule has 18 heavy (non-hydrogen) atoms. The van der Waals surface area contributed by atoms with E-state index in [0.717, 1.165) is 5.56 Å². The van der Waals surface area contributed by atoms with Crippen LogP contribution in [0.25, 0.3) is 0 Å². The molecular weight excluding hydrogens is 256 g/mol. The van der Waals surface area contributed by atoms with Gasteiger partial charge in [-0.15, -0.1) is 0 Å². The molecule has 1 aliphatic heterocycles. The van der Waals surface area contributed by atoms with Crippen LogP contribution in [0.1, 0.15) is 5.56 Å². The van der Waals surface area contributed by atoms with E-state index < -0.39 is 0 Å². The fourth-order valence-electron chi connectivity index (χ4n) is 1.69. The van der Waals surface area contributed by atoms with Gasteiger partial charge in [0.2, 0.25) is 5.91 Å². The number of carbonyl (C=O) groups is 1. The smallest absolute Gasteiger partial charge is 0.234 e. The summed E-state index contributed by atoms with van der Waals surface area (Å²) in [6.07, 6.45) is 0. The van der Waals surface area contributed by atoms with E-state index in [1.165, 1.54) is 0 Å². The minimum atomic E-state index is -0.0662. The van der Waals surface area contributed by atoms with Crippen LogP contribution >= 0.6 is 11.6 Å². The molecule has 0 atom stereocenters. The largest absolute Gasteiger partial charge is 0.486 e. The second kappa shape index (κ2) is 5.93. The van der Waals surface area contributed by atoms with Crippen molar-refractivity contribution in [1.82, 2.24) is 10.6 Å². The van der Waals surface area contributed by atoms with Gasteiger partial charge in [0, 0.05) is 6.54 Å². The highest BCUT2D eigenvalue weighted by Crippen LogP contribution is 2.38. The van der Waals surface area contributed by atoms with E-state index >= 15 is 0 Å². The normalized spacial score (nSPS) is 13.2. The number of carbonyl (C=O) groups excluding carboxylic acids is 1. The molecule has 5 nitrogen and oxygen atoms in total. The maximum atomic E-state index is 11.3. The van der Waals surface area contributed by atoms with Gasteiger partial charge in [0.1, 0.15) is 13.2 Å². The number of halogens is 1. The van der Waals surface area contributed by atoms with Crippen molar-refractivity contribution < 1.29 is 14.3 Å². The van der Waals surface area contributed by atoms with E-state index in [1.807, 2.05) is 6.07 Å². The van der Waals surface area contributed by atoms with Crippen LogP contribution in [-0.2, 0) is 11.3 Å². The second-order valence-corrected chi connectivity index (χ2v) is 4.32. The lowest BCUT2D eigenvalue weighted by molar-refractivity contribution is -0.120. The van der Waals surface area contributed by atoms with Gasteiger partial charge in [0.05, 0.1) is 11.6 Å². The second-order valence-electron chi connectivity index (χ2n) is 3.91. The third-order valence-corrected chi connectivity index (χ3v) is 2.76. The minimum Gasteiger partial charge on any atom is -0.486 e. The van der Waals surface area contributed by atoms with E-state index in [1.54, 1.807) is 13.1 Å². The SMILES string of the molecule is CNCC(=O)NCc1cc(Cl)c2c(c1)OCCO2. The molecule has 0 spiro atoms. The Balaban J connectivity index is 2.05. The number of hydrogen-bond donors (Lipinski definition) is 2. The summed E-state index contributed by atoms with van der Waals surface area (Å²) in [5.74, 6) is 1.14. The molecule has 98 valence electrons. The third-order valence-electron chi connectivity index (χ3n) is 2.48. The zero-order valence-electron chi connectivity index (χ0n) is 10.1. The van der Waals surface area contributed by atoms with E-state index in [2.05, 4.69) is 10.6 Å². The molecule has 0 bridgehead atoms. The van der Waals surface area contributed by atoms with Crippen molar-refractivity contribution in [2.45, 2.75) is 6.54 Å². The van der Waals surface area contributed by atoms with Gasteiger partial charge in [-0.3, -0.25) is 4.79 Å². The fourth-order valence-corrected chi connectivity index (χ4v) is 1.98. The lowest BCUT2D eigenvalue weighted by Crippen LogP contribution is -2.31. The number of rotatable bonds is 4. The molecule has 2 rings (SSSR count). The first-order chi connectivity index (χ1) is 8.70. The van der Waals surface area contributed by atoms with Crippen molar-refractivity contribution in [3.05, 3.63) is 22.7 Å². The number of amides is 1. The Morgan fingerprint density at radius 1 is 1.39 bits per heavy atom. The predicted octanol–water partition coefficient (Wildman–Crippen LogP) is 0.947. The van der Waals surface area contributed by atoms with Crippen LogP contribution in [0.5, 0.6) is 11.5 Å². The highest BCUT2D eigenvalue weighted by Gasteiger charge is 2.16. The molecule has 0 saturated carbocycles. The van der Waals surface area contributed by atoms with Crippen LogP contribution in [0, 0.1) is 0 Å². The lowest BCUT2D eigenvalue weighted by Gasteiger charge is -2.20. The Kier molecular flexibility index (Phi) is 4.28. The Hall–Kier alpha value is -1.46. The van der Waals surface area contributed by atoms with Gasteiger partial charge in [-0.25, -0.2) is 0 Å². The fraction of sp³-hybridized carbons (Fsp3) is 0.417. The molecule has 0 aliphatic carbocycles. The molecule has 1 aromatic carbocycles. The van der Waals surface area contributed by atoms with Crippen LogP contribution in [-0.4, -0.2) is 32.7 Å². The molecule has 1 amide bonds. The third kappa shape index (κ3) is 3.05. The zero-order chi connectivity index (χ0) is 13.0. The Bertz CT molecular complexity index is 451. The zero-order valence-corrected chi connectivity index (χ0v) is 10.8. The number of hydrogen-bond acceptors (Lipinski definition) is 4. The molecule has 0 unspecified atom stereocenters. The molecule has 1 aliphatic rings. The van der Waals surface area contributed by atoms with Crippen molar-refractivity contribution in [1.29, 1.82) is 0 Å². The van der Waals surface area contributed by atoms with Crippen LogP contribution < -0.4 is 20.1 Å². The molecule has 0 aromatic heterocycles. The number of nitrogens with one attached hydrogen (secondary N) is 2. The molecule has 1 heterocycles. The molecular formula is C12H15ClN2O3. The Morgan fingerprint density at radius 3 is 2.94 bits per heavy atom. The minimum absolute atomic E-state index is 0.0662. The molecule has 0 fully saturated rings. The summed E-state index contributed by atoms with van der Waals surface area (Å²) in [6, 6.07) is 3.61. The van der Waals surface area contributed by atoms with Crippen LogP contribution in [0.3, 0.4) is 0 Å². The van der Waals surface area contributed by atoms with Gasteiger partial charge in [-0.1, -0.05) is 11.6 Å². The maximum Gasteiger partial charge on any atom is 0.234 e. The first-order valence-corrected chi connectivity index (χ1v) is 6.08. The standard InChI is InChI=1S/C12H15ClN2O3/c1-14-7-11(16)15-6-8-4-9(13)12-10(5-8)17-2-3-18-12/h4-5,14H,2-3,6-7H2,1H3,(H,15,16). The van der Waals surface area contributed by atoms with Crippen LogP contribution in [0.4, 0.5) is 0 Å². The lowest BCUT2D eigenvalue weighted by atomic mass is 10.2. The highest BCUT2D eigenvalue weighted by molar-refractivity contribution is 6.32. The molecule has 0 radical (unpaired) electrons. The summed E-state index contributed by atoms with van der Waals surface area (Å²) in [5, 5.41) is 6.06. The number of likely N-dealkylation sites (N-methyl/N-ethyl adjacent to an activating group) is 1. The van der Waals surface area contributed by atoms with E-state index in [0.29, 0.717) is 36.3 Å². The van der Waals surface area contributed by atoms with Gasteiger partial charge >= 0.3 is 0 Å². The maximum absolute atomic E-state index is 11.3. The first kappa shape index (κ1) is 13.0. The topological polar surface area (TPSA) is 59.6 Å². The summed E-state index contributed by atoms with van der Waals surface area (Å²) >= 11 is 6.09. The average Bonchev–Trinajstić information content (AvgIpc) is 2.37. The predicted molar refractivity (Wildman–Crippen MR) is 68.2 cm³/mol. The van der Waals surface area contributed by atoms with Crippen molar-refractivity contribution in [3.8, 4) is 11.5 Å². The number of fused-ring (bicyclic) bond motifs is 1. The summed E-state index contributed by atoms with van der Waals surface area (Å²) in [4.78, 5) is 11.3. The van der Waals surface area contributed by atoms with Crippen molar-refractivity contribution in [2.24, 2.45) is 0 Å². The van der Waals surface area contributed by atoms with Crippen molar-refractivity contribution in [3.63, 3.8) is 0 Å². The van der Waals surface area contributed by atoms with E-state index in [-0.39, 0.29) is 12.5 Å². The van der Waals surface area contributed by atoms with E-state index in [9.17, 15) is 4.79 Å². The number of ether oxygens (including phenoxy) is 2. The molecule has 2 N–H and O–H groups in total. The Morgan fingerprint density at radius 2 is 2.17 bits per heavy atom. The molecule has 1 aromatic rings. The molecule has 0 saturated heterocycles. The Labute approximate surface area is 110 Å². The van der Waals surface area contributed by atoms with Gasteiger partial charge < -0.3 is 20.1 Å². The van der Waals surface area contributed by atoms with Gasteiger partial charge in [-0.05, 0) is 24.7 Å². The molecule has 6 heteroatoms. The average molecular weight is 271 g/mol. The van der Waals surface area contributed by atoms with Crippen molar-refractivity contribution in [2.75, 3.05) is 26.8 Å². The van der Waals surface area contributed by atoms with Gasteiger partial charge in [0.15, 0.2) is 11.5 Å². The monoisotopic (exact) mass is 270 g/mol. The van der Waals surface area contributed by atoms with Gasteiger partial charge in [-0.2, -0.15) is 0 Å². The number of benzene rings is 1. The van der Waals surface area contributed by atoms with Gasteiger partial charge in [0.25, 0.3) is 0 Å². The van der Waals surface area contributed by atoms with Crippen LogP contribution in [0.2, 0.25) is 5.02 Å². The van der Waals surface area contributed by atoms with E-state index in [4.69, 9.17) is 21.1 Å². The summed E-state index contributed by atoms with van der Waals surface area (Å²) < 4.78 is 10.9. The van der Waals surface area contributed by atoms with Crippen LogP contribution in [0.15, 0.2) is 12.1 Å². The quantitative estimate of drug-likeness (QED) is 0.855.